The van der Waals surface area contributed by atoms with Gasteiger partial charge in [-0.1, -0.05) is 12.1 Å². The molecule has 8 heteroatoms. The molecule has 24 heavy (non-hydrogen) atoms. The van der Waals surface area contributed by atoms with E-state index >= 15 is 0 Å². The van der Waals surface area contributed by atoms with Crippen LogP contribution in [0.1, 0.15) is 19.3 Å². The highest BCUT2D eigenvalue weighted by Gasteiger charge is 2.48. The summed E-state index contributed by atoms with van der Waals surface area (Å²) in [6.45, 7) is 1.97. The number of fused-ring (bicyclic) bond motifs is 1. The third-order valence-corrected chi connectivity index (χ3v) is 4.98. The van der Waals surface area contributed by atoms with Crippen molar-refractivity contribution in [1.29, 1.82) is 0 Å². The Morgan fingerprint density at radius 3 is 2.21 bits per heavy atom. The van der Waals surface area contributed by atoms with Gasteiger partial charge in [0.05, 0.1) is 0 Å². The lowest BCUT2D eigenvalue weighted by Gasteiger charge is -2.29. The Morgan fingerprint density at radius 2 is 1.54 bits per heavy atom. The maximum atomic E-state index is 12.4. The second-order valence-corrected chi connectivity index (χ2v) is 7.26. The van der Waals surface area contributed by atoms with E-state index in [2.05, 4.69) is 9.08 Å². The fourth-order valence-corrected chi connectivity index (χ4v) is 3.24. The average molecular weight is 359 g/mol. The van der Waals surface area contributed by atoms with Gasteiger partial charge in [-0.15, -0.1) is 0 Å². The minimum Gasteiger partial charge on any atom is -0.376 e. The molecule has 2 aromatic carbocycles. The van der Waals surface area contributed by atoms with E-state index in [0.717, 1.165) is 37.0 Å². The van der Waals surface area contributed by atoms with Gasteiger partial charge in [0.1, 0.15) is 5.75 Å². The van der Waals surface area contributed by atoms with Crippen LogP contribution < -0.4 is 9.08 Å². The lowest BCUT2D eigenvalue weighted by Crippen LogP contribution is -2.29. The predicted molar refractivity (Wildman–Crippen MR) is 85.6 cm³/mol. The normalized spacial score (nSPS) is 16.4. The van der Waals surface area contributed by atoms with E-state index < -0.39 is 15.6 Å². The number of piperidine rings is 1. The molecule has 0 aliphatic carbocycles. The molecule has 2 aromatic rings. The second kappa shape index (κ2) is 6.16. The monoisotopic (exact) mass is 359 g/mol. The third-order valence-electron chi connectivity index (χ3n) is 4.01. The Balaban J connectivity index is 1.87. The van der Waals surface area contributed by atoms with Crippen molar-refractivity contribution in [1.82, 2.24) is 0 Å². The molecular formula is C16H16F3NO3S. The van der Waals surface area contributed by atoms with Crippen molar-refractivity contribution in [3.8, 4) is 5.75 Å². The van der Waals surface area contributed by atoms with E-state index in [4.69, 9.17) is 0 Å². The Hall–Kier alpha value is -1.96. The van der Waals surface area contributed by atoms with Gasteiger partial charge in [0.15, 0.2) is 0 Å². The molecule has 1 heterocycles. The number of hydrogen-bond donors (Lipinski definition) is 0. The maximum absolute atomic E-state index is 12.4. The molecule has 0 spiro atoms. The first-order valence-electron chi connectivity index (χ1n) is 7.56. The number of halogens is 3. The first kappa shape index (κ1) is 16.9. The van der Waals surface area contributed by atoms with Gasteiger partial charge in [-0.2, -0.15) is 21.6 Å². The number of benzene rings is 2. The topological polar surface area (TPSA) is 46.6 Å². The third kappa shape index (κ3) is 3.43. The van der Waals surface area contributed by atoms with Crippen LogP contribution in [0.25, 0.3) is 10.8 Å². The molecule has 130 valence electrons. The van der Waals surface area contributed by atoms with Gasteiger partial charge in [-0.25, -0.2) is 0 Å². The fraction of sp³-hybridized carbons (Fsp3) is 0.375. The smallest absolute Gasteiger partial charge is 0.376 e. The summed E-state index contributed by atoms with van der Waals surface area (Å²) in [5.41, 5.74) is -4.39. The molecule has 0 radical (unpaired) electrons. The lowest BCUT2D eigenvalue weighted by molar-refractivity contribution is -0.0500. The van der Waals surface area contributed by atoms with Gasteiger partial charge in [0.2, 0.25) is 0 Å². The number of anilines is 1. The Kier molecular flexibility index (Phi) is 4.33. The molecular weight excluding hydrogens is 343 g/mol. The van der Waals surface area contributed by atoms with E-state index in [0.29, 0.717) is 5.39 Å². The Labute approximate surface area is 138 Å². The van der Waals surface area contributed by atoms with Crippen LogP contribution in [-0.4, -0.2) is 27.0 Å². The van der Waals surface area contributed by atoms with Crippen LogP contribution in [0.2, 0.25) is 0 Å². The first-order valence-corrected chi connectivity index (χ1v) is 8.97. The Morgan fingerprint density at radius 1 is 0.917 bits per heavy atom. The van der Waals surface area contributed by atoms with Crippen LogP contribution in [-0.2, 0) is 10.1 Å². The van der Waals surface area contributed by atoms with E-state index in [9.17, 15) is 21.6 Å². The zero-order valence-electron chi connectivity index (χ0n) is 12.7. The van der Waals surface area contributed by atoms with E-state index in [1.165, 1.54) is 18.6 Å². The van der Waals surface area contributed by atoms with Crippen LogP contribution in [0.4, 0.5) is 18.9 Å². The largest absolute Gasteiger partial charge is 0.534 e. The summed E-state index contributed by atoms with van der Waals surface area (Å²) in [6, 6.07) is 9.67. The van der Waals surface area contributed by atoms with Crippen molar-refractivity contribution in [2.24, 2.45) is 0 Å². The molecule has 0 atom stereocenters. The number of hydrogen-bond acceptors (Lipinski definition) is 4. The Bertz CT molecular complexity index is 843. The van der Waals surface area contributed by atoms with Crippen molar-refractivity contribution in [3.63, 3.8) is 0 Å². The minimum absolute atomic E-state index is 0.356. The first-order chi connectivity index (χ1) is 11.3. The zero-order valence-corrected chi connectivity index (χ0v) is 13.5. The standard InChI is InChI=1S/C16H16F3NO3S/c17-16(18,19)24(21,22)23-15-7-5-12-10-14(6-4-13(12)11-15)20-8-2-1-3-9-20/h4-7,10-11H,1-3,8-9H2. The highest BCUT2D eigenvalue weighted by Crippen LogP contribution is 2.30. The molecule has 0 bridgehead atoms. The van der Waals surface area contributed by atoms with Gasteiger partial charge in [-0.3, -0.25) is 0 Å². The van der Waals surface area contributed by atoms with Gasteiger partial charge in [-0.05, 0) is 54.3 Å². The molecule has 1 saturated heterocycles. The van der Waals surface area contributed by atoms with Crippen LogP contribution in [0, 0.1) is 0 Å². The highest BCUT2D eigenvalue weighted by molar-refractivity contribution is 7.88. The molecule has 3 rings (SSSR count). The molecule has 0 unspecified atom stereocenters. The molecule has 0 amide bonds. The molecule has 1 aliphatic rings. The molecule has 4 nitrogen and oxygen atoms in total. The van der Waals surface area contributed by atoms with Crippen LogP contribution in [0.3, 0.4) is 0 Å². The van der Waals surface area contributed by atoms with Gasteiger partial charge >= 0.3 is 15.6 Å². The summed E-state index contributed by atoms with van der Waals surface area (Å²) in [7, 11) is -5.65. The summed E-state index contributed by atoms with van der Waals surface area (Å²) < 4.78 is 63.4. The fourth-order valence-electron chi connectivity index (χ4n) is 2.79. The number of alkyl halides is 3. The summed E-state index contributed by atoms with van der Waals surface area (Å²) in [6.07, 6.45) is 3.50. The van der Waals surface area contributed by atoms with Crippen LogP contribution in [0.5, 0.6) is 5.75 Å². The molecule has 0 N–H and O–H groups in total. The summed E-state index contributed by atoms with van der Waals surface area (Å²) in [5, 5.41) is 1.43. The molecule has 1 fully saturated rings. The van der Waals surface area contributed by atoms with Crippen LogP contribution in [0.15, 0.2) is 36.4 Å². The van der Waals surface area contributed by atoms with Crippen molar-refractivity contribution < 1.29 is 25.8 Å². The molecule has 0 aromatic heterocycles. The van der Waals surface area contributed by atoms with Gasteiger partial charge in [0.25, 0.3) is 0 Å². The highest BCUT2D eigenvalue weighted by atomic mass is 32.2. The number of nitrogens with zero attached hydrogens (tertiary/aromatic N) is 1. The zero-order chi connectivity index (χ0) is 17.4. The van der Waals surface area contributed by atoms with Gasteiger partial charge < -0.3 is 9.08 Å². The number of rotatable bonds is 3. The summed E-state index contributed by atoms with van der Waals surface area (Å²) >= 11 is 0. The average Bonchev–Trinajstić information content (AvgIpc) is 2.54. The van der Waals surface area contributed by atoms with Crippen molar-refractivity contribution in [2.75, 3.05) is 18.0 Å². The lowest BCUT2D eigenvalue weighted by atomic mass is 10.1. The van der Waals surface area contributed by atoms with E-state index in [1.807, 2.05) is 12.1 Å². The van der Waals surface area contributed by atoms with Crippen molar-refractivity contribution in [3.05, 3.63) is 36.4 Å². The maximum Gasteiger partial charge on any atom is 0.534 e. The SMILES string of the molecule is O=S(=O)(Oc1ccc2cc(N3CCCCC3)ccc2c1)C(F)(F)F. The predicted octanol–water partition coefficient (Wildman–Crippen LogP) is 4.06. The van der Waals surface area contributed by atoms with E-state index in [-0.39, 0.29) is 5.75 Å². The summed E-state index contributed by atoms with van der Waals surface area (Å²) in [5.74, 6) is -0.356. The van der Waals surface area contributed by atoms with Crippen LogP contribution >= 0.6 is 0 Å². The minimum atomic E-state index is -5.65. The van der Waals surface area contributed by atoms with Crippen molar-refractivity contribution >= 4 is 26.6 Å². The summed E-state index contributed by atoms with van der Waals surface area (Å²) in [4.78, 5) is 2.27. The second-order valence-electron chi connectivity index (χ2n) is 5.72. The molecule has 0 saturated carbocycles. The van der Waals surface area contributed by atoms with Gasteiger partial charge in [0, 0.05) is 18.8 Å². The quantitative estimate of drug-likeness (QED) is 0.613. The van der Waals surface area contributed by atoms with Crippen molar-refractivity contribution in [2.45, 2.75) is 24.8 Å². The van der Waals surface area contributed by atoms with E-state index in [1.54, 1.807) is 12.1 Å². The molecule has 1 aliphatic heterocycles.